The standard InChI is InChI=1S/C16H38N10O12S4.4Na/c27-35-37-39-6-4-17-11-21-13(24-15(23-11)40-38-36-28)19-9-2-1-3-10(8-9)20-14-22-12(18-5-7-41(29,30)31)25-16(26-14)42(32,33)34;;;;/h9-28H,1-8H2,(H,29,30,31)(H,32,33,34);;;;/q;4*+1/p-4. The minimum absolute atomic E-state index is 0. The quantitative estimate of drug-likeness (QED) is 0.0154. The Morgan fingerprint density at radius 1 is 0.717 bits per heavy atom. The molecule has 3 rings (SSSR count). The number of hydrogen-bond donors (Lipinski definition) is 10. The average molecular weight is 779 g/mol. The minimum atomic E-state index is -4.83. The van der Waals surface area contributed by atoms with Gasteiger partial charge < -0.3 is 19.6 Å². The van der Waals surface area contributed by atoms with Gasteiger partial charge in [-0.1, -0.05) is 6.42 Å². The minimum Gasteiger partial charge on any atom is -0.748 e. The first-order valence-electron chi connectivity index (χ1n) is 12.6. The van der Waals surface area contributed by atoms with Crippen LogP contribution < -0.4 is 182 Å². The van der Waals surface area contributed by atoms with Crippen LogP contribution in [0.5, 0.6) is 0 Å². The summed E-state index contributed by atoms with van der Waals surface area (Å²) in [5.74, 6) is -0.333. The summed E-state index contributed by atoms with van der Waals surface area (Å²) < 4.78 is 76.4. The fraction of sp³-hybridized carbons (Fsp3) is 1.00. The summed E-state index contributed by atoms with van der Waals surface area (Å²) in [6, 6.07) is -0.160. The SMILES string of the molecule is O=S(=O)([O-])CCNC1NC(NC2CCCC(NC3NC(NCCSOO[O-])NC(SOO[O-])N3)C2)NC(S(=O)(=O)[O-])N1.[Na+].[Na+].[Na+].[Na+]. The molecule has 46 heavy (non-hydrogen) atoms. The van der Waals surface area contributed by atoms with Crippen LogP contribution in [-0.4, -0.2) is 98.8 Å². The van der Waals surface area contributed by atoms with E-state index in [0.29, 0.717) is 30.8 Å². The van der Waals surface area contributed by atoms with Crippen LogP contribution in [0.2, 0.25) is 0 Å². The first-order chi connectivity index (χ1) is 19.9. The van der Waals surface area contributed by atoms with Gasteiger partial charge in [-0.05, 0) is 19.3 Å². The molecule has 0 radical (unpaired) electrons. The van der Waals surface area contributed by atoms with E-state index in [1.807, 2.05) is 0 Å². The molecule has 0 aromatic carbocycles. The van der Waals surface area contributed by atoms with Gasteiger partial charge in [0.05, 0.1) is 27.9 Å². The fourth-order valence-electron chi connectivity index (χ4n) is 4.52. The van der Waals surface area contributed by atoms with Crippen molar-refractivity contribution in [3.63, 3.8) is 0 Å². The van der Waals surface area contributed by atoms with Gasteiger partial charge in [0, 0.05) is 43.0 Å². The Morgan fingerprint density at radius 3 is 1.80 bits per heavy atom. The molecule has 1 aliphatic carbocycles. The zero-order valence-corrected chi connectivity index (χ0v) is 37.1. The Kier molecular flexibility index (Phi) is 31.0. The zero-order valence-electron chi connectivity index (χ0n) is 25.8. The molecule has 3 aliphatic rings. The Morgan fingerprint density at radius 2 is 1.24 bits per heavy atom. The van der Waals surface area contributed by atoms with Crippen molar-refractivity contribution in [2.24, 2.45) is 0 Å². The van der Waals surface area contributed by atoms with Crippen molar-refractivity contribution in [3.05, 3.63) is 0 Å². The monoisotopic (exact) mass is 778 g/mol. The third-order valence-corrected chi connectivity index (χ3v) is 8.85. The van der Waals surface area contributed by atoms with Gasteiger partial charge in [0.25, 0.3) is 0 Å². The molecule has 2 saturated heterocycles. The summed E-state index contributed by atoms with van der Waals surface area (Å²) in [6.45, 7) is 0.138. The number of nitrogens with one attached hydrogen (secondary N) is 10. The first-order valence-corrected chi connectivity index (χ1v) is 17.3. The van der Waals surface area contributed by atoms with Gasteiger partial charge in [0.1, 0.15) is 40.8 Å². The van der Waals surface area contributed by atoms with Crippen LogP contribution >= 0.6 is 24.1 Å². The number of hydrogen-bond acceptors (Lipinski definition) is 24. The molecule has 30 heteroatoms. The zero-order chi connectivity index (χ0) is 30.6. The second kappa shape index (κ2) is 27.5. The van der Waals surface area contributed by atoms with Crippen molar-refractivity contribution < 1.29 is 173 Å². The molecule has 0 aromatic heterocycles. The van der Waals surface area contributed by atoms with Gasteiger partial charge in [0.15, 0.2) is 5.50 Å². The van der Waals surface area contributed by atoms with Crippen LogP contribution in [0.4, 0.5) is 0 Å². The Bertz CT molecular complexity index is 1030. The molecule has 2 aliphatic heterocycles. The van der Waals surface area contributed by atoms with Gasteiger partial charge in [0.2, 0.25) is 0 Å². The summed E-state index contributed by atoms with van der Waals surface area (Å²) >= 11 is 1.53. The molecule has 248 valence electrons. The second-order valence-electron chi connectivity index (χ2n) is 9.24. The third-order valence-electron chi connectivity index (χ3n) is 6.18. The summed E-state index contributed by atoms with van der Waals surface area (Å²) in [5.41, 5.74) is -2.26. The molecule has 8 unspecified atom stereocenters. The molecule has 3 fully saturated rings. The van der Waals surface area contributed by atoms with Crippen LogP contribution in [0.1, 0.15) is 25.7 Å². The van der Waals surface area contributed by atoms with Gasteiger partial charge >= 0.3 is 118 Å². The van der Waals surface area contributed by atoms with Crippen molar-refractivity contribution in [1.29, 1.82) is 0 Å². The van der Waals surface area contributed by atoms with E-state index in [1.54, 1.807) is 0 Å². The van der Waals surface area contributed by atoms with Crippen molar-refractivity contribution in [2.75, 3.05) is 24.6 Å². The van der Waals surface area contributed by atoms with Crippen LogP contribution in [0.3, 0.4) is 0 Å². The van der Waals surface area contributed by atoms with Crippen LogP contribution in [0, 0.1) is 0 Å². The normalized spacial score (nSPS) is 30.2. The first kappa shape index (κ1) is 52.0. The molecule has 0 aromatic rings. The molecule has 0 spiro atoms. The molecule has 22 nitrogen and oxygen atoms in total. The third kappa shape index (κ3) is 21.5. The van der Waals surface area contributed by atoms with E-state index in [1.165, 1.54) is 0 Å². The van der Waals surface area contributed by atoms with E-state index in [9.17, 15) is 36.5 Å². The van der Waals surface area contributed by atoms with Crippen LogP contribution in [0.25, 0.3) is 0 Å². The van der Waals surface area contributed by atoms with Crippen molar-refractivity contribution >= 4 is 44.3 Å². The summed E-state index contributed by atoms with van der Waals surface area (Å²) in [4.78, 5) is 0. The Balaban J connectivity index is 0. The fourth-order valence-corrected chi connectivity index (χ4v) is 6.30. The van der Waals surface area contributed by atoms with E-state index >= 15 is 0 Å². The summed E-state index contributed by atoms with van der Waals surface area (Å²) in [6.07, 6.45) is 0.186. The van der Waals surface area contributed by atoms with E-state index in [-0.39, 0.29) is 137 Å². The molecule has 2 heterocycles. The van der Waals surface area contributed by atoms with Crippen molar-refractivity contribution in [3.8, 4) is 0 Å². The molecule has 8 atom stereocenters. The van der Waals surface area contributed by atoms with Crippen LogP contribution in [-0.2, 0) is 39.0 Å². The molecular formula is C16H34N10Na4O12S4. The number of rotatable bonds is 18. The maximum Gasteiger partial charge on any atom is 1.00 e. The Labute approximate surface area is 364 Å². The van der Waals surface area contributed by atoms with E-state index in [2.05, 4.69) is 71.9 Å². The van der Waals surface area contributed by atoms with Crippen molar-refractivity contribution in [1.82, 2.24) is 53.2 Å². The van der Waals surface area contributed by atoms with Crippen molar-refractivity contribution in [2.45, 2.75) is 73.9 Å². The largest absolute Gasteiger partial charge is 1.00 e. The molecular weight excluding hydrogens is 744 g/mol. The predicted octanol–water partition coefficient (Wildman–Crippen LogP) is -19.2. The predicted molar refractivity (Wildman–Crippen MR) is 139 cm³/mol. The maximum atomic E-state index is 11.7. The topological polar surface area (TPSA) is 318 Å². The van der Waals surface area contributed by atoms with Gasteiger partial charge in [-0.15, -0.1) is 0 Å². The second-order valence-corrected chi connectivity index (χ2v) is 13.8. The van der Waals surface area contributed by atoms with Crippen LogP contribution in [0.15, 0.2) is 0 Å². The van der Waals surface area contributed by atoms with Gasteiger partial charge in [-0.25, -0.2) is 16.8 Å². The summed E-state index contributed by atoms with van der Waals surface area (Å²) in [5, 5.41) is 57.0. The van der Waals surface area contributed by atoms with E-state index in [0.717, 1.165) is 31.3 Å². The Hall–Kier alpha value is 3.88. The molecule has 0 amide bonds. The average Bonchev–Trinajstić information content (AvgIpc) is 2.91. The molecule has 0 bridgehead atoms. The smallest absolute Gasteiger partial charge is 0.748 e. The molecule has 10 N–H and O–H groups in total. The maximum absolute atomic E-state index is 11.7. The van der Waals surface area contributed by atoms with Gasteiger partial charge in [-0.3, -0.25) is 63.2 Å². The van der Waals surface area contributed by atoms with E-state index < -0.39 is 62.1 Å². The summed E-state index contributed by atoms with van der Waals surface area (Å²) in [7, 11) is -9.32. The van der Waals surface area contributed by atoms with E-state index in [4.69, 9.17) is 0 Å². The molecule has 1 saturated carbocycles. The van der Waals surface area contributed by atoms with Gasteiger partial charge in [-0.2, -0.15) is 8.67 Å².